The molecule has 2 heterocycles. The number of rotatable bonds is 7. The number of thiazole rings is 1. The van der Waals surface area contributed by atoms with Gasteiger partial charge in [0.1, 0.15) is 15.0 Å². The van der Waals surface area contributed by atoms with E-state index in [0.717, 1.165) is 22.7 Å². The summed E-state index contributed by atoms with van der Waals surface area (Å²) in [5.74, 6) is 0.691. The Labute approximate surface area is 162 Å². The van der Waals surface area contributed by atoms with Gasteiger partial charge in [-0.1, -0.05) is 6.92 Å². The Balaban J connectivity index is 1.92. The van der Waals surface area contributed by atoms with Gasteiger partial charge in [-0.05, 0) is 43.7 Å². The number of hydrogen-bond acceptors (Lipinski definition) is 6. The van der Waals surface area contributed by atoms with Crippen molar-refractivity contribution < 1.29 is 13.2 Å². The Hall–Kier alpha value is -1.90. The molecule has 0 unspecified atom stereocenters. The number of ether oxygens (including phenoxy) is 1. The predicted octanol–water partition coefficient (Wildman–Crippen LogP) is 4.66. The zero-order chi connectivity index (χ0) is 18.7. The molecule has 0 aliphatic carbocycles. The number of aromatic nitrogens is 1. The third kappa shape index (κ3) is 3.62. The van der Waals surface area contributed by atoms with Crippen LogP contribution in [0.3, 0.4) is 0 Å². The van der Waals surface area contributed by atoms with Crippen LogP contribution in [0.1, 0.15) is 19.5 Å². The van der Waals surface area contributed by atoms with E-state index < -0.39 is 10.0 Å². The lowest BCUT2D eigenvalue weighted by atomic mass is 10.3. The van der Waals surface area contributed by atoms with Crippen LogP contribution < -0.4 is 9.04 Å². The second-order valence-electron chi connectivity index (χ2n) is 5.52. The zero-order valence-corrected chi connectivity index (χ0v) is 17.2. The van der Waals surface area contributed by atoms with Crippen molar-refractivity contribution in [3.8, 4) is 16.3 Å². The van der Waals surface area contributed by atoms with Crippen LogP contribution in [0.15, 0.2) is 45.3 Å². The van der Waals surface area contributed by atoms with Crippen LogP contribution >= 0.6 is 22.7 Å². The summed E-state index contributed by atoms with van der Waals surface area (Å²) in [6, 6.07) is 8.74. The predicted molar refractivity (Wildman–Crippen MR) is 108 cm³/mol. The van der Waals surface area contributed by atoms with Gasteiger partial charge in [0.15, 0.2) is 0 Å². The molecule has 0 fully saturated rings. The van der Waals surface area contributed by atoms with Crippen LogP contribution in [-0.4, -0.2) is 27.1 Å². The Morgan fingerprint density at radius 2 is 1.85 bits per heavy atom. The first-order chi connectivity index (χ1) is 12.5. The molecule has 5 nitrogen and oxygen atoms in total. The van der Waals surface area contributed by atoms with Crippen molar-refractivity contribution in [1.82, 2.24) is 4.98 Å². The minimum Gasteiger partial charge on any atom is -0.497 e. The number of sulfonamides is 1. The highest BCUT2D eigenvalue weighted by Gasteiger charge is 2.26. The Kier molecular flexibility index (Phi) is 5.64. The quantitative estimate of drug-likeness (QED) is 0.571. The van der Waals surface area contributed by atoms with Crippen molar-refractivity contribution in [2.75, 3.05) is 18.0 Å². The molecule has 3 rings (SSSR count). The standard InChI is InChI=1S/C18H20N2O3S3/c1-4-14-12-25-18(19-14)13-10-17(24-11-13)26(21,22)20(5-2)15-6-8-16(23-3)9-7-15/h6-12H,4-5H2,1-3H3. The molecule has 0 amide bonds. The summed E-state index contributed by atoms with van der Waals surface area (Å²) in [6.07, 6.45) is 0.868. The lowest BCUT2D eigenvalue weighted by molar-refractivity contribution is 0.415. The normalized spacial score (nSPS) is 11.5. The molecule has 3 aromatic rings. The minimum absolute atomic E-state index is 0.318. The highest BCUT2D eigenvalue weighted by atomic mass is 32.2. The van der Waals surface area contributed by atoms with Crippen LogP contribution in [0, 0.1) is 0 Å². The Morgan fingerprint density at radius 3 is 2.42 bits per heavy atom. The topological polar surface area (TPSA) is 59.5 Å². The van der Waals surface area contributed by atoms with Gasteiger partial charge in [-0.2, -0.15) is 0 Å². The largest absolute Gasteiger partial charge is 0.497 e. The highest BCUT2D eigenvalue weighted by molar-refractivity contribution is 7.94. The summed E-state index contributed by atoms with van der Waals surface area (Å²) in [5, 5.41) is 4.72. The first-order valence-electron chi connectivity index (χ1n) is 8.19. The van der Waals surface area contributed by atoms with E-state index in [9.17, 15) is 8.42 Å². The van der Waals surface area contributed by atoms with Crippen molar-refractivity contribution in [3.63, 3.8) is 0 Å². The molecule has 26 heavy (non-hydrogen) atoms. The molecule has 0 radical (unpaired) electrons. The third-order valence-corrected chi connectivity index (χ3v) is 8.19. The number of thiophene rings is 1. The molecule has 0 bridgehead atoms. The molecular weight excluding hydrogens is 388 g/mol. The molecule has 2 aromatic heterocycles. The van der Waals surface area contributed by atoms with Crippen LogP contribution in [0.4, 0.5) is 5.69 Å². The van der Waals surface area contributed by atoms with Gasteiger partial charge in [0.05, 0.1) is 18.5 Å². The lowest BCUT2D eigenvalue weighted by Gasteiger charge is -2.22. The maximum Gasteiger partial charge on any atom is 0.273 e. The van der Waals surface area contributed by atoms with E-state index in [1.807, 2.05) is 17.7 Å². The molecule has 0 aliphatic heterocycles. The number of anilines is 1. The number of hydrogen-bond donors (Lipinski definition) is 0. The van der Waals surface area contributed by atoms with E-state index in [-0.39, 0.29) is 0 Å². The molecule has 0 aliphatic rings. The maximum absolute atomic E-state index is 13.1. The van der Waals surface area contributed by atoms with Crippen LogP contribution in [0.5, 0.6) is 5.75 Å². The van der Waals surface area contributed by atoms with Gasteiger partial charge >= 0.3 is 0 Å². The van der Waals surface area contributed by atoms with Crippen molar-refractivity contribution in [2.45, 2.75) is 24.5 Å². The summed E-state index contributed by atoms with van der Waals surface area (Å²) in [6.45, 7) is 4.22. The monoisotopic (exact) mass is 408 g/mol. The molecule has 8 heteroatoms. The SMILES string of the molecule is CCc1csc(-c2csc(S(=O)(=O)N(CC)c3ccc(OC)cc3)c2)n1. The Bertz CT molecular complexity index is 975. The van der Waals surface area contributed by atoms with E-state index >= 15 is 0 Å². The van der Waals surface area contributed by atoms with Gasteiger partial charge in [-0.3, -0.25) is 4.31 Å². The van der Waals surface area contributed by atoms with E-state index in [1.54, 1.807) is 37.4 Å². The van der Waals surface area contributed by atoms with Crippen LogP contribution in [0.25, 0.3) is 10.6 Å². The Morgan fingerprint density at radius 1 is 1.12 bits per heavy atom. The molecule has 0 saturated heterocycles. The first kappa shape index (κ1) is 18.9. The fourth-order valence-electron chi connectivity index (χ4n) is 2.51. The molecule has 0 atom stereocenters. The molecule has 138 valence electrons. The summed E-state index contributed by atoms with van der Waals surface area (Å²) in [7, 11) is -2.04. The zero-order valence-electron chi connectivity index (χ0n) is 14.8. The fourth-order valence-corrected chi connectivity index (χ4v) is 6.23. The lowest BCUT2D eigenvalue weighted by Crippen LogP contribution is -2.30. The number of aryl methyl sites for hydroxylation is 1. The maximum atomic E-state index is 13.1. The second kappa shape index (κ2) is 7.77. The van der Waals surface area contributed by atoms with Crippen molar-refractivity contribution in [3.05, 3.63) is 46.8 Å². The molecule has 0 spiro atoms. The average molecular weight is 409 g/mol. The van der Waals surface area contributed by atoms with E-state index in [0.29, 0.717) is 22.2 Å². The van der Waals surface area contributed by atoms with E-state index in [2.05, 4.69) is 11.9 Å². The highest BCUT2D eigenvalue weighted by Crippen LogP contribution is 2.34. The van der Waals surface area contributed by atoms with E-state index in [4.69, 9.17) is 4.74 Å². The van der Waals surface area contributed by atoms with E-state index in [1.165, 1.54) is 27.0 Å². The summed E-state index contributed by atoms with van der Waals surface area (Å²) in [4.78, 5) is 4.54. The van der Waals surface area contributed by atoms with Crippen molar-refractivity contribution in [1.29, 1.82) is 0 Å². The minimum atomic E-state index is -3.62. The number of nitrogens with zero attached hydrogens (tertiary/aromatic N) is 2. The van der Waals surface area contributed by atoms with Gasteiger partial charge in [0.2, 0.25) is 0 Å². The smallest absolute Gasteiger partial charge is 0.273 e. The van der Waals surface area contributed by atoms with Crippen LogP contribution in [0.2, 0.25) is 0 Å². The molecular formula is C18H20N2O3S3. The number of methoxy groups -OCH3 is 1. The molecule has 1 aromatic carbocycles. The molecule has 0 saturated carbocycles. The second-order valence-corrected chi connectivity index (χ2v) is 9.38. The van der Waals surface area contributed by atoms with Gasteiger partial charge in [0, 0.05) is 22.9 Å². The van der Waals surface area contributed by atoms with Gasteiger partial charge in [-0.25, -0.2) is 13.4 Å². The third-order valence-electron chi connectivity index (χ3n) is 3.93. The number of benzene rings is 1. The van der Waals surface area contributed by atoms with Gasteiger partial charge in [0.25, 0.3) is 10.0 Å². The fraction of sp³-hybridized carbons (Fsp3) is 0.278. The summed E-state index contributed by atoms with van der Waals surface area (Å²) < 4.78 is 33.1. The average Bonchev–Trinajstić information content (AvgIpc) is 3.32. The molecule has 0 N–H and O–H groups in total. The first-order valence-corrected chi connectivity index (χ1v) is 11.4. The van der Waals surface area contributed by atoms with Gasteiger partial charge in [-0.15, -0.1) is 22.7 Å². The van der Waals surface area contributed by atoms with Crippen molar-refractivity contribution >= 4 is 38.4 Å². The van der Waals surface area contributed by atoms with Gasteiger partial charge < -0.3 is 4.74 Å². The summed E-state index contributed by atoms with van der Waals surface area (Å²) in [5.41, 5.74) is 2.49. The summed E-state index contributed by atoms with van der Waals surface area (Å²) >= 11 is 2.77. The van der Waals surface area contributed by atoms with Crippen LogP contribution in [-0.2, 0) is 16.4 Å². The van der Waals surface area contributed by atoms with Crippen molar-refractivity contribution in [2.24, 2.45) is 0 Å².